The molecule has 0 spiro atoms. The third kappa shape index (κ3) is 11.7. The van der Waals surface area contributed by atoms with Crippen LogP contribution in [0.15, 0.2) is 23.1 Å². The number of hydrogen-bond donors (Lipinski definition) is 4. The largest absolute Gasteiger partial charge is 0.492 e. The Labute approximate surface area is 202 Å². The molecule has 0 bridgehead atoms. The lowest BCUT2D eigenvalue weighted by atomic mass is 9.82. The molecule has 0 saturated heterocycles. The molecule has 0 atom stereocenters. The van der Waals surface area contributed by atoms with Gasteiger partial charge in [-0.3, -0.25) is 0 Å². The minimum absolute atomic E-state index is 0.101. The zero-order valence-electron chi connectivity index (χ0n) is 21.3. The minimum atomic E-state index is -3.65. The third-order valence-corrected chi connectivity index (χ3v) is 7.47. The fourth-order valence-electron chi connectivity index (χ4n) is 3.26. The van der Waals surface area contributed by atoms with Gasteiger partial charge in [-0.25, -0.2) is 13.1 Å². The van der Waals surface area contributed by atoms with Gasteiger partial charge in [-0.1, -0.05) is 40.2 Å². The van der Waals surface area contributed by atoms with E-state index >= 15 is 0 Å². The molecule has 1 rings (SSSR count). The zero-order valence-corrected chi connectivity index (χ0v) is 22.2. The Morgan fingerprint density at radius 2 is 1.55 bits per heavy atom. The summed E-state index contributed by atoms with van der Waals surface area (Å²) in [4.78, 5) is 0.243. The van der Waals surface area contributed by atoms with E-state index in [1.165, 1.54) is 0 Å². The molecule has 0 amide bonds. The molecule has 0 radical (unpaired) electrons. The summed E-state index contributed by atoms with van der Waals surface area (Å²) >= 11 is 0. The molecule has 0 fully saturated rings. The summed E-state index contributed by atoms with van der Waals surface area (Å²) < 4.78 is 34.8. The highest BCUT2D eigenvalue weighted by molar-refractivity contribution is 7.89. The number of benzene rings is 1. The maximum Gasteiger partial charge on any atom is 0.244 e. The van der Waals surface area contributed by atoms with Gasteiger partial charge in [0.05, 0.1) is 6.61 Å². The molecule has 0 saturated carbocycles. The molecule has 5 N–H and O–H groups in total. The van der Waals surface area contributed by atoms with Crippen LogP contribution in [0.3, 0.4) is 0 Å². The molecule has 0 aliphatic carbocycles. The first-order valence-electron chi connectivity index (χ1n) is 12.7. The predicted molar refractivity (Wildman–Crippen MR) is 139 cm³/mol. The van der Waals surface area contributed by atoms with E-state index in [4.69, 9.17) is 10.5 Å². The molecule has 0 aliphatic rings. The van der Waals surface area contributed by atoms with Gasteiger partial charge >= 0.3 is 0 Å². The second-order valence-corrected chi connectivity index (χ2v) is 10.9. The number of hydrogen-bond acceptors (Lipinski definition) is 6. The van der Waals surface area contributed by atoms with Crippen molar-refractivity contribution in [2.24, 2.45) is 5.73 Å². The van der Waals surface area contributed by atoms with Crippen LogP contribution >= 0.6 is 0 Å². The Kier molecular flexibility index (Phi) is 14.9. The molecule has 192 valence electrons. The highest BCUT2D eigenvalue weighted by atomic mass is 32.2. The van der Waals surface area contributed by atoms with E-state index in [9.17, 15) is 8.42 Å². The van der Waals surface area contributed by atoms with E-state index in [-0.39, 0.29) is 10.3 Å². The van der Waals surface area contributed by atoms with Crippen molar-refractivity contribution in [1.82, 2.24) is 15.4 Å². The lowest BCUT2D eigenvalue weighted by Crippen LogP contribution is -2.29. The molecule has 7 nitrogen and oxygen atoms in total. The van der Waals surface area contributed by atoms with Crippen LogP contribution in [0, 0.1) is 0 Å². The summed E-state index contributed by atoms with van der Waals surface area (Å²) in [6.07, 6.45) is 6.78. The molecule has 0 unspecified atom stereocenters. The van der Waals surface area contributed by atoms with Gasteiger partial charge in [0.15, 0.2) is 0 Å². The summed E-state index contributed by atoms with van der Waals surface area (Å²) in [7, 11) is -3.65. The van der Waals surface area contributed by atoms with Crippen LogP contribution in [0.4, 0.5) is 0 Å². The van der Waals surface area contributed by atoms with Gasteiger partial charge in [-0.05, 0) is 94.4 Å². The van der Waals surface area contributed by atoms with Gasteiger partial charge in [0.2, 0.25) is 10.0 Å². The Morgan fingerprint density at radius 3 is 2.15 bits per heavy atom. The van der Waals surface area contributed by atoms with Gasteiger partial charge in [-0.2, -0.15) is 0 Å². The molecular weight excluding hydrogens is 436 g/mol. The topological polar surface area (TPSA) is 105 Å². The first-order valence-corrected chi connectivity index (χ1v) is 14.1. The maximum absolute atomic E-state index is 13.1. The van der Waals surface area contributed by atoms with E-state index in [1.807, 2.05) is 12.1 Å². The number of unbranched alkanes of at least 4 members (excludes halogenated alkanes) is 2. The number of sulfonamides is 1. The smallest absolute Gasteiger partial charge is 0.244 e. The fourth-order valence-corrected chi connectivity index (χ4v) is 4.51. The van der Waals surface area contributed by atoms with Crippen molar-refractivity contribution < 1.29 is 13.2 Å². The number of ether oxygens (including phenoxy) is 1. The van der Waals surface area contributed by atoms with E-state index in [0.29, 0.717) is 18.9 Å². The Hall–Kier alpha value is -1.19. The molecule has 1 aromatic rings. The highest BCUT2D eigenvalue weighted by Gasteiger charge is 2.25. The highest BCUT2D eigenvalue weighted by Crippen LogP contribution is 2.33. The Morgan fingerprint density at radius 1 is 0.909 bits per heavy atom. The van der Waals surface area contributed by atoms with Crippen molar-refractivity contribution in [3.8, 4) is 5.75 Å². The summed E-state index contributed by atoms with van der Waals surface area (Å²) in [5, 5.41) is 6.76. The van der Waals surface area contributed by atoms with Crippen LogP contribution in [-0.2, 0) is 15.4 Å². The van der Waals surface area contributed by atoms with Gasteiger partial charge in [0.1, 0.15) is 10.6 Å². The fraction of sp³-hybridized carbons (Fsp3) is 0.760. The van der Waals surface area contributed by atoms with Gasteiger partial charge < -0.3 is 21.1 Å². The van der Waals surface area contributed by atoms with Gasteiger partial charge in [0.25, 0.3) is 0 Å². The standard InChI is InChI=1S/C25H48N4O3S/c1-5-7-20-32-23-13-12-22(25(3,4)6-2)21-24(23)33(30,31)29-19-11-18-28-16-9-8-15-27-17-10-14-26/h12-13,21,27-29H,5-11,14-20,26H2,1-4H3. The van der Waals surface area contributed by atoms with Crippen molar-refractivity contribution in [2.45, 2.75) is 83.0 Å². The van der Waals surface area contributed by atoms with Crippen molar-refractivity contribution in [3.05, 3.63) is 23.8 Å². The van der Waals surface area contributed by atoms with E-state index in [2.05, 4.69) is 43.1 Å². The molecule has 8 heteroatoms. The first kappa shape index (κ1) is 29.8. The SMILES string of the molecule is CCCCOc1ccc(C(C)(C)CC)cc1S(=O)(=O)NCCCNCCCCNCCCN. The van der Waals surface area contributed by atoms with Gasteiger partial charge in [0, 0.05) is 6.54 Å². The van der Waals surface area contributed by atoms with Crippen LogP contribution in [-0.4, -0.2) is 54.3 Å². The van der Waals surface area contributed by atoms with Crippen LogP contribution in [0.25, 0.3) is 0 Å². The minimum Gasteiger partial charge on any atom is -0.492 e. The Bertz CT molecular complexity index is 754. The molecule has 33 heavy (non-hydrogen) atoms. The van der Waals surface area contributed by atoms with Crippen molar-refractivity contribution in [2.75, 3.05) is 45.9 Å². The van der Waals surface area contributed by atoms with Crippen molar-refractivity contribution in [3.63, 3.8) is 0 Å². The normalized spacial score (nSPS) is 12.3. The molecule has 0 aliphatic heterocycles. The summed E-state index contributed by atoms with van der Waals surface area (Å²) in [6, 6.07) is 5.58. The lowest BCUT2D eigenvalue weighted by molar-refractivity contribution is 0.301. The van der Waals surface area contributed by atoms with E-state index < -0.39 is 10.0 Å². The van der Waals surface area contributed by atoms with Crippen molar-refractivity contribution in [1.29, 1.82) is 0 Å². The monoisotopic (exact) mass is 484 g/mol. The number of nitrogens with two attached hydrogens (primary N) is 1. The zero-order chi connectivity index (χ0) is 24.6. The first-order chi connectivity index (χ1) is 15.8. The van der Waals surface area contributed by atoms with E-state index in [0.717, 1.165) is 83.2 Å². The lowest BCUT2D eigenvalue weighted by Gasteiger charge is -2.25. The molecule has 0 aromatic heterocycles. The summed E-state index contributed by atoms with van der Waals surface area (Å²) in [5.74, 6) is 0.435. The van der Waals surface area contributed by atoms with Gasteiger partial charge in [-0.15, -0.1) is 0 Å². The average molecular weight is 485 g/mol. The van der Waals surface area contributed by atoms with E-state index in [1.54, 1.807) is 6.07 Å². The van der Waals surface area contributed by atoms with Crippen LogP contribution < -0.4 is 25.8 Å². The second kappa shape index (κ2) is 16.4. The van der Waals surface area contributed by atoms with Crippen LogP contribution in [0.1, 0.15) is 78.2 Å². The molecule has 0 heterocycles. The van der Waals surface area contributed by atoms with Crippen molar-refractivity contribution >= 4 is 10.0 Å². The maximum atomic E-state index is 13.1. The molecule has 1 aromatic carbocycles. The second-order valence-electron chi connectivity index (χ2n) is 9.20. The average Bonchev–Trinajstić information content (AvgIpc) is 2.80. The predicted octanol–water partition coefficient (Wildman–Crippen LogP) is 3.53. The number of rotatable bonds is 20. The summed E-state index contributed by atoms with van der Waals surface area (Å²) in [5.41, 5.74) is 6.38. The Balaban J connectivity index is 2.54. The van der Waals surface area contributed by atoms with Crippen LogP contribution in [0.5, 0.6) is 5.75 Å². The number of nitrogens with one attached hydrogen (secondary N) is 3. The van der Waals surface area contributed by atoms with Crippen LogP contribution in [0.2, 0.25) is 0 Å². The quantitative estimate of drug-likeness (QED) is 0.211. The molecular formula is C25H48N4O3S. The third-order valence-electron chi connectivity index (χ3n) is 5.99. The summed E-state index contributed by atoms with van der Waals surface area (Å²) in [6.45, 7) is 13.8.